The summed E-state index contributed by atoms with van der Waals surface area (Å²) in [6.07, 6.45) is 4.20. The molecule has 1 aliphatic heterocycles. The zero-order valence-corrected chi connectivity index (χ0v) is 23.1. The normalized spacial score (nSPS) is 15.6. The Morgan fingerprint density at radius 3 is 2.21 bits per heavy atom. The number of aliphatic hydroxyl groups is 1. The Bertz CT molecular complexity index is 963. The summed E-state index contributed by atoms with van der Waals surface area (Å²) in [4.78, 5) is 48.6. The van der Waals surface area contributed by atoms with Gasteiger partial charge < -0.3 is 31.5 Å². The molecule has 3 atom stereocenters. The minimum absolute atomic E-state index is 0.0105. The molecule has 1 aliphatic rings. The number of aliphatic carboxylic acids is 1. The number of hydrogen-bond acceptors (Lipinski definition) is 8. The number of carboxylic acids is 1. The molecule has 0 aromatic heterocycles. The molecular formula is C28H43N5O6. The Labute approximate surface area is 230 Å². The molecule has 1 heterocycles. The summed E-state index contributed by atoms with van der Waals surface area (Å²) in [5, 5.41) is 31.3. The minimum Gasteiger partial charge on any atom is -0.481 e. The molecule has 0 aliphatic carbocycles. The highest BCUT2D eigenvalue weighted by Crippen LogP contribution is 2.11. The van der Waals surface area contributed by atoms with E-state index in [-0.39, 0.29) is 49.3 Å². The van der Waals surface area contributed by atoms with Crippen LogP contribution < -0.4 is 21.3 Å². The number of benzene rings is 1. The summed E-state index contributed by atoms with van der Waals surface area (Å²) in [6.45, 7) is 8.40. The second-order valence-corrected chi connectivity index (χ2v) is 10.3. The Hall–Kier alpha value is -3.12. The molecule has 2 rings (SSSR count). The molecular weight excluding hydrogens is 502 g/mol. The van der Waals surface area contributed by atoms with Gasteiger partial charge in [0.2, 0.25) is 5.91 Å². The van der Waals surface area contributed by atoms with Crippen LogP contribution in [0.4, 0.5) is 5.69 Å². The number of amides is 3. The van der Waals surface area contributed by atoms with E-state index in [1.165, 1.54) is 17.1 Å². The van der Waals surface area contributed by atoms with Crippen LogP contribution in [-0.2, 0) is 25.8 Å². The van der Waals surface area contributed by atoms with Crippen LogP contribution in [0.25, 0.3) is 0 Å². The number of nitrogens with zero attached hydrogens (tertiary/aromatic N) is 1. The van der Waals surface area contributed by atoms with Crippen molar-refractivity contribution in [3.05, 3.63) is 42.0 Å². The number of anilines is 1. The summed E-state index contributed by atoms with van der Waals surface area (Å²) >= 11 is 0. The van der Waals surface area contributed by atoms with Gasteiger partial charge in [-0.05, 0) is 56.3 Å². The lowest BCUT2D eigenvalue weighted by Gasteiger charge is -2.25. The van der Waals surface area contributed by atoms with Gasteiger partial charge in [0.05, 0.1) is 12.6 Å². The number of carbonyl (C=O) groups is 4. The van der Waals surface area contributed by atoms with Crippen molar-refractivity contribution < 1.29 is 29.4 Å². The number of imide groups is 1. The molecule has 3 amide bonds. The van der Waals surface area contributed by atoms with Gasteiger partial charge >= 0.3 is 5.97 Å². The van der Waals surface area contributed by atoms with E-state index in [0.29, 0.717) is 44.2 Å². The van der Waals surface area contributed by atoms with Crippen LogP contribution in [0.2, 0.25) is 0 Å². The molecule has 11 heteroatoms. The summed E-state index contributed by atoms with van der Waals surface area (Å²) in [5.74, 6) is -1.34. The Morgan fingerprint density at radius 2 is 1.62 bits per heavy atom. The lowest BCUT2D eigenvalue weighted by Crippen LogP contribution is -2.49. The molecule has 216 valence electrons. The summed E-state index contributed by atoms with van der Waals surface area (Å²) in [7, 11) is 0. The van der Waals surface area contributed by atoms with Crippen LogP contribution in [0.3, 0.4) is 0 Å². The van der Waals surface area contributed by atoms with Gasteiger partial charge in [-0.25, -0.2) is 0 Å². The smallest absolute Gasteiger partial charge is 0.303 e. The number of carbonyl (C=O) groups excluding carboxylic acids is 3. The van der Waals surface area contributed by atoms with Crippen molar-refractivity contribution in [2.45, 2.75) is 71.2 Å². The van der Waals surface area contributed by atoms with Gasteiger partial charge in [-0.15, -0.1) is 0 Å². The van der Waals surface area contributed by atoms with Gasteiger partial charge in [0.15, 0.2) is 0 Å². The lowest BCUT2D eigenvalue weighted by atomic mass is 10.0. The maximum Gasteiger partial charge on any atom is 0.303 e. The van der Waals surface area contributed by atoms with Crippen LogP contribution in [-0.4, -0.2) is 83.1 Å². The standard InChI is InChI=1S/C28H43N5O6/c1-19(2)15-23(29-13-4-14-33-25(35)10-11-26(33)36)17-30-20(3)16-31-24(9-12-27(37)38)28(39)32-22-7-5-21(18-34)6-8-22/h5-8,10-11,19-20,23-24,29-31,34H,4,9,12-18H2,1-3H3,(H,32,39)(H,37,38)/t20-,23+,24-/m0/s1. The number of nitrogens with one attached hydrogen (secondary N) is 4. The van der Waals surface area contributed by atoms with E-state index in [4.69, 9.17) is 5.11 Å². The highest BCUT2D eigenvalue weighted by atomic mass is 16.4. The number of carboxylic acid groups (broad SMARTS) is 1. The third-order valence-corrected chi connectivity index (χ3v) is 6.40. The first kappa shape index (κ1) is 32.1. The molecule has 0 saturated carbocycles. The first-order chi connectivity index (χ1) is 18.6. The number of rotatable bonds is 19. The van der Waals surface area contributed by atoms with Gasteiger partial charge in [0.25, 0.3) is 11.8 Å². The molecule has 0 fully saturated rings. The molecule has 0 bridgehead atoms. The van der Waals surface area contributed by atoms with E-state index in [1.54, 1.807) is 24.3 Å². The molecule has 11 nitrogen and oxygen atoms in total. The predicted molar refractivity (Wildman–Crippen MR) is 149 cm³/mol. The third-order valence-electron chi connectivity index (χ3n) is 6.40. The average molecular weight is 546 g/mol. The molecule has 0 spiro atoms. The predicted octanol–water partition coefficient (Wildman–Crippen LogP) is 1.24. The van der Waals surface area contributed by atoms with E-state index in [0.717, 1.165) is 12.0 Å². The van der Waals surface area contributed by atoms with Gasteiger partial charge in [0.1, 0.15) is 0 Å². The molecule has 1 aromatic carbocycles. The average Bonchev–Trinajstić information content (AvgIpc) is 3.21. The number of hydrogen-bond donors (Lipinski definition) is 6. The highest BCUT2D eigenvalue weighted by molar-refractivity contribution is 6.12. The maximum atomic E-state index is 12.9. The van der Waals surface area contributed by atoms with Gasteiger partial charge in [-0.1, -0.05) is 26.0 Å². The Morgan fingerprint density at radius 1 is 0.949 bits per heavy atom. The lowest BCUT2D eigenvalue weighted by molar-refractivity contribution is -0.138. The highest BCUT2D eigenvalue weighted by Gasteiger charge is 2.23. The fourth-order valence-electron chi connectivity index (χ4n) is 4.25. The van der Waals surface area contributed by atoms with E-state index in [1.807, 2.05) is 6.92 Å². The van der Waals surface area contributed by atoms with Gasteiger partial charge in [0, 0.05) is 56.0 Å². The molecule has 1 aromatic rings. The van der Waals surface area contributed by atoms with Crippen molar-refractivity contribution in [2.24, 2.45) is 5.92 Å². The zero-order valence-electron chi connectivity index (χ0n) is 23.1. The SMILES string of the molecule is CC(C)C[C@H](CN[C@@H](C)CN[C@@H](CCC(=O)O)C(=O)Nc1ccc(CO)cc1)NCCCN1C(=O)C=CC1=O. The van der Waals surface area contributed by atoms with Crippen LogP contribution in [0.15, 0.2) is 36.4 Å². The van der Waals surface area contributed by atoms with E-state index in [2.05, 4.69) is 35.1 Å². The van der Waals surface area contributed by atoms with Crippen molar-refractivity contribution in [2.75, 3.05) is 31.5 Å². The maximum absolute atomic E-state index is 12.9. The summed E-state index contributed by atoms with van der Waals surface area (Å²) < 4.78 is 0. The zero-order chi connectivity index (χ0) is 28.8. The van der Waals surface area contributed by atoms with Crippen molar-refractivity contribution in [1.29, 1.82) is 0 Å². The molecule has 6 N–H and O–H groups in total. The summed E-state index contributed by atoms with van der Waals surface area (Å²) in [5.41, 5.74) is 1.30. The van der Waals surface area contributed by atoms with Gasteiger partial charge in [-0.2, -0.15) is 0 Å². The Balaban J connectivity index is 1.81. The molecule has 39 heavy (non-hydrogen) atoms. The molecule has 0 unspecified atom stereocenters. The second-order valence-electron chi connectivity index (χ2n) is 10.3. The van der Waals surface area contributed by atoms with Crippen molar-refractivity contribution in [1.82, 2.24) is 20.9 Å². The number of aliphatic hydroxyl groups excluding tert-OH is 1. The van der Waals surface area contributed by atoms with Crippen LogP contribution in [0.1, 0.15) is 52.0 Å². The summed E-state index contributed by atoms with van der Waals surface area (Å²) in [6, 6.07) is 6.33. The third kappa shape index (κ3) is 12.1. The second kappa shape index (κ2) is 16.8. The van der Waals surface area contributed by atoms with Crippen molar-refractivity contribution in [3.8, 4) is 0 Å². The van der Waals surface area contributed by atoms with E-state index in [9.17, 15) is 24.3 Å². The van der Waals surface area contributed by atoms with Crippen molar-refractivity contribution in [3.63, 3.8) is 0 Å². The van der Waals surface area contributed by atoms with Crippen LogP contribution >= 0.6 is 0 Å². The fraction of sp³-hybridized carbons (Fsp3) is 0.571. The van der Waals surface area contributed by atoms with Gasteiger partial charge in [-0.3, -0.25) is 24.1 Å². The van der Waals surface area contributed by atoms with Crippen LogP contribution in [0, 0.1) is 5.92 Å². The first-order valence-corrected chi connectivity index (χ1v) is 13.5. The Kier molecular flexibility index (Phi) is 13.8. The van der Waals surface area contributed by atoms with Crippen LogP contribution in [0.5, 0.6) is 0 Å². The minimum atomic E-state index is -0.967. The quantitative estimate of drug-likeness (QED) is 0.111. The fourth-order valence-corrected chi connectivity index (χ4v) is 4.25. The largest absolute Gasteiger partial charge is 0.481 e. The van der Waals surface area contributed by atoms with Crippen molar-refractivity contribution >= 4 is 29.4 Å². The topological polar surface area (TPSA) is 160 Å². The monoisotopic (exact) mass is 545 g/mol. The van der Waals surface area contributed by atoms with E-state index >= 15 is 0 Å². The molecule has 0 radical (unpaired) electrons. The first-order valence-electron chi connectivity index (χ1n) is 13.5. The van der Waals surface area contributed by atoms with E-state index < -0.39 is 12.0 Å². The molecule has 0 saturated heterocycles.